The zero-order valence-corrected chi connectivity index (χ0v) is 10.2. The Morgan fingerprint density at radius 2 is 2.00 bits per heavy atom. The van der Waals surface area contributed by atoms with Gasteiger partial charge in [-0.25, -0.2) is 0 Å². The number of rotatable bonds is 0. The molecule has 0 N–H and O–H groups in total. The number of fused-ring (bicyclic) bond motifs is 1. The van der Waals surface area contributed by atoms with E-state index >= 15 is 0 Å². The highest BCUT2D eigenvalue weighted by Crippen LogP contribution is 2.43. The maximum atomic E-state index is 2.44. The van der Waals surface area contributed by atoms with Crippen LogP contribution in [-0.2, 0) is 0 Å². The zero-order chi connectivity index (χ0) is 10.7. The van der Waals surface area contributed by atoms with Crippen molar-refractivity contribution in [1.82, 2.24) is 0 Å². The molecule has 0 saturated heterocycles. The maximum Gasteiger partial charge on any atom is -0.0171 e. The monoisotopic (exact) mass is 204 g/mol. The van der Waals surface area contributed by atoms with Crippen molar-refractivity contribution in [2.45, 2.75) is 52.4 Å². The van der Waals surface area contributed by atoms with Crippen molar-refractivity contribution in [3.8, 4) is 0 Å². The molecule has 0 bridgehead atoms. The third kappa shape index (κ3) is 2.53. The molecule has 0 heteroatoms. The van der Waals surface area contributed by atoms with Gasteiger partial charge in [0.2, 0.25) is 0 Å². The molecular formula is C15H24. The SMILES string of the molecule is CC1CC(C)C2CCCCC/C=C/C=C/12. The summed E-state index contributed by atoms with van der Waals surface area (Å²) in [4.78, 5) is 0. The molecule has 0 radical (unpaired) electrons. The normalized spacial score (nSPS) is 42.8. The summed E-state index contributed by atoms with van der Waals surface area (Å²) in [5, 5.41) is 0. The van der Waals surface area contributed by atoms with Gasteiger partial charge in [-0.15, -0.1) is 0 Å². The van der Waals surface area contributed by atoms with Crippen LogP contribution < -0.4 is 0 Å². The highest BCUT2D eigenvalue weighted by atomic mass is 14.4. The highest BCUT2D eigenvalue weighted by molar-refractivity contribution is 5.22. The number of allylic oxidation sites excluding steroid dienone is 4. The predicted octanol–water partition coefficient (Wildman–Crippen LogP) is 4.73. The lowest BCUT2D eigenvalue weighted by molar-refractivity contribution is 0.410. The van der Waals surface area contributed by atoms with Crippen molar-refractivity contribution < 1.29 is 0 Å². The second-order valence-electron chi connectivity index (χ2n) is 5.45. The van der Waals surface area contributed by atoms with E-state index in [1.807, 2.05) is 0 Å². The van der Waals surface area contributed by atoms with Crippen LogP contribution in [0.1, 0.15) is 52.4 Å². The Labute approximate surface area is 94.5 Å². The van der Waals surface area contributed by atoms with Crippen LogP contribution in [0.4, 0.5) is 0 Å². The first-order chi connectivity index (χ1) is 7.29. The molecule has 1 fully saturated rings. The van der Waals surface area contributed by atoms with E-state index in [9.17, 15) is 0 Å². The van der Waals surface area contributed by atoms with E-state index in [-0.39, 0.29) is 0 Å². The Balaban J connectivity index is 2.16. The standard InChI is InChI=1S/C15H24/c1-12-11-13(2)15-10-8-6-4-3-5-7-9-14(12)15/h5,7,9,12-13,15H,3-4,6,8,10-11H2,1-2H3/b7-5+,14-9-. The second kappa shape index (κ2) is 5.01. The van der Waals surface area contributed by atoms with E-state index in [0.717, 1.165) is 17.8 Å². The minimum atomic E-state index is 0.828. The Kier molecular flexibility index (Phi) is 3.66. The summed E-state index contributed by atoms with van der Waals surface area (Å²) < 4.78 is 0. The Bertz CT molecular complexity index is 259. The van der Waals surface area contributed by atoms with Gasteiger partial charge in [-0.1, -0.05) is 50.5 Å². The van der Waals surface area contributed by atoms with Crippen LogP contribution in [0.15, 0.2) is 23.8 Å². The summed E-state index contributed by atoms with van der Waals surface area (Å²) in [5.41, 5.74) is 1.74. The average molecular weight is 204 g/mol. The summed E-state index contributed by atoms with van der Waals surface area (Å²) >= 11 is 0. The quantitative estimate of drug-likeness (QED) is 0.535. The molecule has 0 nitrogen and oxygen atoms in total. The first-order valence-electron chi connectivity index (χ1n) is 6.65. The smallest absolute Gasteiger partial charge is 0.0171 e. The largest absolute Gasteiger partial charge is 0.0845 e. The zero-order valence-electron chi connectivity index (χ0n) is 10.2. The van der Waals surface area contributed by atoms with Crippen molar-refractivity contribution in [2.24, 2.45) is 17.8 Å². The van der Waals surface area contributed by atoms with Crippen molar-refractivity contribution in [2.75, 3.05) is 0 Å². The third-order valence-corrected chi connectivity index (χ3v) is 4.22. The molecule has 2 aliphatic carbocycles. The van der Waals surface area contributed by atoms with Gasteiger partial charge in [-0.05, 0) is 43.4 Å². The van der Waals surface area contributed by atoms with Gasteiger partial charge in [0.1, 0.15) is 0 Å². The van der Waals surface area contributed by atoms with Gasteiger partial charge in [0, 0.05) is 0 Å². The summed E-state index contributed by atoms with van der Waals surface area (Å²) in [6.45, 7) is 4.85. The third-order valence-electron chi connectivity index (χ3n) is 4.22. The van der Waals surface area contributed by atoms with Crippen molar-refractivity contribution >= 4 is 0 Å². The molecule has 1 saturated carbocycles. The van der Waals surface area contributed by atoms with E-state index in [0.29, 0.717) is 0 Å². The molecule has 0 spiro atoms. The van der Waals surface area contributed by atoms with Gasteiger partial charge in [0.05, 0.1) is 0 Å². The molecule has 2 rings (SSSR count). The van der Waals surface area contributed by atoms with Gasteiger partial charge in [-0.2, -0.15) is 0 Å². The van der Waals surface area contributed by atoms with Crippen LogP contribution in [0.3, 0.4) is 0 Å². The van der Waals surface area contributed by atoms with Crippen LogP contribution in [0, 0.1) is 17.8 Å². The molecule has 0 aliphatic heterocycles. The first kappa shape index (κ1) is 11.0. The topological polar surface area (TPSA) is 0 Å². The van der Waals surface area contributed by atoms with E-state index < -0.39 is 0 Å². The molecule has 2 aliphatic rings. The molecule has 3 unspecified atom stereocenters. The molecule has 0 heterocycles. The first-order valence-corrected chi connectivity index (χ1v) is 6.65. The average Bonchev–Trinajstić information content (AvgIpc) is 2.49. The fourth-order valence-corrected chi connectivity index (χ4v) is 3.37. The van der Waals surface area contributed by atoms with Crippen LogP contribution in [0.25, 0.3) is 0 Å². The van der Waals surface area contributed by atoms with E-state index in [1.54, 1.807) is 5.57 Å². The Hall–Kier alpha value is -0.520. The molecule has 0 aromatic carbocycles. The van der Waals surface area contributed by atoms with Gasteiger partial charge < -0.3 is 0 Å². The summed E-state index contributed by atoms with van der Waals surface area (Å²) in [5.74, 6) is 2.64. The lowest BCUT2D eigenvalue weighted by atomic mass is 9.87. The van der Waals surface area contributed by atoms with Gasteiger partial charge >= 0.3 is 0 Å². The van der Waals surface area contributed by atoms with Crippen molar-refractivity contribution in [3.63, 3.8) is 0 Å². The number of hydrogen-bond donors (Lipinski definition) is 0. The second-order valence-corrected chi connectivity index (χ2v) is 5.45. The Morgan fingerprint density at radius 1 is 1.13 bits per heavy atom. The predicted molar refractivity (Wildman–Crippen MR) is 66.7 cm³/mol. The van der Waals surface area contributed by atoms with Crippen LogP contribution in [0.5, 0.6) is 0 Å². The molecule has 84 valence electrons. The maximum absolute atomic E-state index is 2.44. The Morgan fingerprint density at radius 3 is 2.87 bits per heavy atom. The van der Waals surface area contributed by atoms with Crippen LogP contribution in [-0.4, -0.2) is 0 Å². The lowest BCUT2D eigenvalue weighted by Gasteiger charge is -2.18. The van der Waals surface area contributed by atoms with Gasteiger partial charge in [-0.3, -0.25) is 0 Å². The lowest BCUT2D eigenvalue weighted by Crippen LogP contribution is -2.06. The van der Waals surface area contributed by atoms with E-state index in [1.165, 1.54) is 38.5 Å². The highest BCUT2D eigenvalue weighted by Gasteiger charge is 2.32. The van der Waals surface area contributed by atoms with Gasteiger partial charge in [0.25, 0.3) is 0 Å². The number of hydrogen-bond acceptors (Lipinski definition) is 0. The molecule has 15 heavy (non-hydrogen) atoms. The van der Waals surface area contributed by atoms with E-state index in [4.69, 9.17) is 0 Å². The van der Waals surface area contributed by atoms with Crippen molar-refractivity contribution in [3.05, 3.63) is 23.8 Å². The summed E-state index contributed by atoms with van der Waals surface area (Å²) in [6, 6.07) is 0. The van der Waals surface area contributed by atoms with Crippen LogP contribution >= 0.6 is 0 Å². The van der Waals surface area contributed by atoms with Crippen LogP contribution in [0.2, 0.25) is 0 Å². The van der Waals surface area contributed by atoms with Gasteiger partial charge in [0.15, 0.2) is 0 Å². The molecule has 0 amide bonds. The minimum absolute atomic E-state index is 0.828. The molecule has 0 aromatic heterocycles. The fraction of sp³-hybridized carbons (Fsp3) is 0.733. The summed E-state index contributed by atoms with van der Waals surface area (Å²) in [6.07, 6.45) is 15.4. The summed E-state index contributed by atoms with van der Waals surface area (Å²) in [7, 11) is 0. The molecule has 3 atom stereocenters. The van der Waals surface area contributed by atoms with Crippen molar-refractivity contribution in [1.29, 1.82) is 0 Å². The minimum Gasteiger partial charge on any atom is -0.0845 e. The molecule has 0 aromatic rings. The van der Waals surface area contributed by atoms with E-state index in [2.05, 4.69) is 32.1 Å². The molecular weight excluding hydrogens is 180 g/mol. The fourth-order valence-electron chi connectivity index (χ4n) is 3.37.